The maximum Gasteiger partial charge on any atom is 0.222 e. The maximum atomic E-state index is 13.5. The predicted molar refractivity (Wildman–Crippen MR) is 89.0 cm³/mol. The van der Waals surface area contributed by atoms with E-state index >= 15 is 0 Å². The molecule has 0 N–H and O–H groups in total. The molecule has 0 saturated heterocycles. The summed E-state index contributed by atoms with van der Waals surface area (Å²) in [5.74, 6) is 0.532. The number of likely N-dealkylation sites (N-methyl/N-ethyl adjacent to an activating group) is 1. The fourth-order valence-electron chi connectivity index (χ4n) is 2.26. The molecule has 1 amide bonds. The summed E-state index contributed by atoms with van der Waals surface area (Å²) < 4.78 is 19.2. The molecule has 2 aromatic carbocycles. The Balaban J connectivity index is 1.73. The molecule has 0 spiro atoms. The summed E-state index contributed by atoms with van der Waals surface area (Å²) in [6, 6.07) is 14.4. The summed E-state index contributed by atoms with van der Waals surface area (Å²) in [4.78, 5) is 13.7. The van der Waals surface area contributed by atoms with Crippen LogP contribution >= 0.6 is 0 Å². The van der Waals surface area contributed by atoms with E-state index < -0.39 is 0 Å². The zero-order valence-corrected chi connectivity index (χ0v) is 13.6. The highest BCUT2D eigenvalue weighted by atomic mass is 19.1. The molecular weight excluding hydrogens is 293 g/mol. The van der Waals surface area contributed by atoms with E-state index in [1.54, 1.807) is 30.1 Å². The minimum absolute atomic E-state index is 0.0129. The van der Waals surface area contributed by atoms with Gasteiger partial charge in [0.25, 0.3) is 0 Å². The number of carbonyl (C=O) groups excluding carboxylic acids is 1. The van der Waals surface area contributed by atoms with Gasteiger partial charge in [-0.1, -0.05) is 30.3 Å². The number of hydrogen-bond acceptors (Lipinski definition) is 2. The van der Waals surface area contributed by atoms with Gasteiger partial charge in [-0.15, -0.1) is 0 Å². The third kappa shape index (κ3) is 5.40. The van der Waals surface area contributed by atoms with Crippen LogP contribution in [0, 0.1) is 12.7 Å². The number of carbonyl (C=O) groups is 1. The Kier molecular flexibility index (Phi) is 6.15. The molecule has 0 unspecified atom stereocenters. The van der Waals surface area contributed by atoms with Crippen molar-refractivity contribution in [2.45, 2.75) is 19.8 Å². The van der Waals surface area contributed by atoms with Crippen LogP contribution in [-0.4, -0.2) is 31.0 Å². The molecule has 0 aliphatic heterocycles. The summed E-state index contributed by atoms with van der Waals surface area (Å²) >= 11 is 0. The zero-order valence-electron chi connectivity index (χ0n) is 13.6. The summed E-state index contributed by atoms with van der Waals surface area (Å²) in [5, 5.41) is 0. The Morgan fingerprint density at radius 3 is 2.70 bits per heavy atom. The predicted octanol–water partition coefficient (Wildman–Crippen LogP) is 3.60. The summed E-state index contributed by atoms with van der Waals surface area (Å²) in [7, 11) is 1.74. The largest absolute Gasteiger partial charge is 0.492 e. The molecule has 23 heavy (non-hydrogen) atoms. The first kappa shape index (κ1) is 17.0. The quantitative estimate of drug-likeness (QED) is 0.781. The lowest BCUT2D eigenvalue weighted by Gasteiger charge is -2.17. The fraction of sp³-hybridized carbons (Fsp3) is 0.316. The maximum absolute atomic E-state index is 13.5. The van der Waals surface area contributed by atoms with E-state index in [1.165, 1.54) is 6.07 Å². The van der Waals surface area contributed by atoms with Crippen LogP contribution in [0.25, 0.3) is 0 Å². The number of nitrogens with zero attached hydrogens (tertiary/aromatic N) is 1. The second-order valence-electron chi connectivity index (χ2n) is 5.57. The summed E-state index contributed by atoms with van der Waals surface area (Å²) in [6.07, 6.45) is 0.705. The van der Waals surface area contributed by atoms with E-state index in [4.69, 9.17) is 4.74 Å². The van der Waals surface area contributed by atoms with Crippen molar-refractivity contribution in [2.24, 2.45) is 0 Å². The Morgan fingerprint density at radius 1 is 1.17 bits per heavy atom. The number of rotatable bonds is 7. The summed E-state index contributed by atoms with van der Waals surface area (Å²) in [5.41, 5.74) is 1.71. The lowest BCUT2D eigenvalue weighted by Crippen LogP contribution is -2.31. The van der Waals surface area contributed by atoms with Crippen LogP contribution < -0.4 is 4.74 Å². The smallest absolute Gasteiger partial charge is 0.222 e. The van der Waals surface area contributed by atoms with Gasteiger partial charge in [0.2, 0.25) is 5.91 Å². The molecular formula is C19H22FNO2. The van der Waals surface area contributed by atoms with Crippen molar-refractivity contribution in [2.75, 3.05) is 20.2 Å². The highest BCUT2D eigenvalue weighted by Crippen LogP contribution is 2.12. The Bertz CT molecular complexity index is 657. The molecule has 4 heteroatoms. The van der Waals surface area contributed by atoms with Crippen molar-refractivity contribution < 1.29 is 13.9 Å². The zero-order chi connectivity index (χ0) is 16.7. The average Bonchev–Trinajstić information content (AvgIpc) is 2.54. The molecule has 3 nitrogen and oxygen atoms in total. The van der Waals surface area contributed by atoms with Crippen LogP contribution in [0.5, 0.6) is 5.75 Å². The van der Waals surface area contributed by atoms with Crippen molar-refractivity contribution in [1.29, 1.82) is 0 Å². The third-order valence-corrected chi connectivity index (χ3v) is 3.68. The highest BCUT2D eigenvalue weighted by molar-refractivity contribution is 5.76. The molecule has 0 bridgehead atoms. The van der Waals surface area contributed by atoms with Gasteiger partial charge >= 0.3 is 0 Å². The van der Waals surface area contributed by atoms with Gasteiger partial charge in [0.15, 0.2) is 0 Å². The van der Waals surface area contributed by atoms with Crippen LogP contribution in [0.4, 0.5) is 4.39 Å². The van der Waals surface area contributed by atoms with Crippen molar-refractivity contribution in [1.82, 2.24) is 4.90 Å². The lowest BCUT2D eigenvalue weighted by molar-refractivity contribution is -0.130. The van der Waals surface area contributed by atoms with Crippen LogP contribution in [0.1, 0.15) is 17.5 Å². The van der Waals surface area contributed by atoms with Gasteiger partial charge < -0.3 is 9.64 Å². The molecule has 2 rings (SSSR count). The van der Waals surface area contributed by atoms with Gasteiger partial charge in [0.1, 0.15) is 18.2 Å². The minimum atomic E-state index is -0.259. The number of ether oxygens (including phenoxy) is 1. The molecule has 0 fully saturated rings. The molecule has 0 heterocycles. The van der Waals surface area contributed by atoms with Crippen LogP contribution in [0.2, 0.25) is 0 Å². The first-order valence-corrected chi connectivity index (χ1v) is 7.73. The number of hydrogen-bond donors (Lipinski definition) is 0. The molecule has 0 radical (unpaired) electrons. The van der Waals surface area contributed by atoms with Crippen LogP contribution in [0.3, 0.4) is 0 Å². The first-order valence-electron chi connectivity index (χ1n) is 7.73. The number of halogens is 1. The molecule has 0 aliphatic carbocycles. The normalized spacial score (nSPS) is 10.4. The van der Waals surface area contributed by atoms with E-state index in [0.717, 1.165) is 11.3 Å². The molecule has 2 aromatic rings. The van der Waals surface area contributed by atoms with Crippen LogP contribution in [-0.2, 0) is 11.2 Å². The van der Waals surface area contributed by atoms with Gasteiger partial charge in [-0.05, 0) is 42.7 Å². The number of benzene rings is 2. The van der Waals surface area contributed by atoms with Crippen molar-refractivity contribution in [3.8, 4) is 5.75 Å². The highest BCUT2D eigenvalue weighted by Gasteiger charge is 2.10. The van der Waals surface area contributed by atoms with Crippen molar-refractivity contribution >= 4 is 5.91 Å². The van der Waals surface area contributed by atoms with Crippen molar-refractivity contribution in [3.63, 3.8) is 0 Å². The summed E-state index contributed by atoms with van der Waals surface area (Å²) in [6.45, 7) is 2.95. The molecule has 0 atom stereocenters. The number of amides is 1. The van der Waals surface area contributed by atoms with E-state index in [2.05, 4.69) is 0 Å². The first-order chi connectivity index (χ1) is 11.1. The van der Waals surface area contributed by atoms with E-state index in [-0.39, 0.29) is 11.7 Å². The lowest BCUT2D eigenvalue weighted by atomic mass is 10.1. The SMILES string of the molecule is Cc1cccc(OCCN(C)C(=O)CCc2ccccc2F)c1. The van der Waals surface area contributed by atoms with E-state index in [0.29, 0.717) is 31.6 Å². The minimum Gasteiger partial charge on any atom is -0.492 e. The van der Waals surface area contributed by atoms with E-state index in [9.17, 15) is 9.18 Å². The molecule has 0 saturated carbocycles. The Hall–Kier alpha value is -2.36. The standard InChI is InChI=1S/C19H22FNO2/c1-15-6-5-8-17(14-15)23-13-12-21(2)19(22)11-10-16-7-3-4-9-18(16)20/h3-9,14H,10-13H2,1-2H3. The van der Waals surface area contributed by atoms with Crippen LogP contribution in [0.15, 0.2) is 48.5 Å². The van der Waals surface area contributed by atoms with Gasteiger partial charge in [-0.2, -0.15) is 0 Å². The van der Waals surface area contributed by atoms with Gasteiger partial charge in [0, 0.05) is 13.5 Å². The monoisotopic (exact) mass is 315 g/mol. The second kappa shape index (κ2) is 8.32. The van der Waals surface area contributed by atoms with Gasteiger partial charge in [0.05, 0.1) is 6.54 Å². The topological polar surface area (TPSA) is 29.5 Å². The molecule has 0 aromatic heterocycles. The Morgan fingerprint density at radius 2 is 1.96 bits per heavy atom. The second-order valence-corrected chi connectivity index (χ2v) is 5.57. The van der Waals surface area contributed by atoms with E-state index in [1.807, 2.05) is 31.2 Å². The van der Waals surface area contributed by atoms with Gasteiger partial charge in [-0.25, -0.2) is 4.39 Å². The third-order valence-electron chi connectivity index (χ3n) is 3.68. The molecule has 0 aliphatic rings. The van der Waals surface area contributed by atoms with Gasteiger partial charge in [-0.3, -0.25) is 4.79 Å². The molecule has 122 valence electrons. The Labute approximate surface area is 136 Å². The van der Waals surface area contributed by atoms with Crippen molar-refractivity contribution in [3.05, 3.63) is 65.5 Å². The average molecular weight is 315 g/mol. The number of aryl methyl sites for hydroxylation is 2. The fourth-order valence-corrected chi connectivity index (χ4v) is 2.26.